The molecule has 1 saturated carbocycles. The molecule has 0 bridgehead atoms. The van der Waals surface area contributed by atoms with Crippen LogP contribution in [0.3, 0.4) is 0 Å². The summed E-state index contributed by atoms with van der Waals surface area (Å²) in [6.07, 6.45) is 4.46. The zero-order chi connectivity index (χ0) is 12.5. The van der Waals surface area contributed by atoms with Crippen LogP contribution in [0, 0.1) is 11.3 Å². The van der Waals surface area contributed by atoms with Crippen molar-refractivity contribution in [2.24, 2.45) is 11.3 Å². The molecule has 4 heteroatoms. The van der Waals surface area contributed by atoms with Crippen molar-refractivity contribution in [1.82, 2.24) is 4.90 Å². The van der Waals surface area contributed by atoms with E-state index in [1.165, 1.54) is 19.3 Å². The van der Waals surface area contributed by atoms with Crippen molar-refractivity contribution in [1.29, 1.82) is 0 Å². The van der Waals surface area contributed by atoms with Crippen LogP contribution < -0.4 is 0 Å². The predicted octanol–water partition coefficient (Wildman–Crippen LogP) is 1.60. The van der Waals surface area contributed by atoms with Crippen LogP contribution in [-0.2, 0) is 9.53 Å². The van der Waals surface area contributed by atoms with Gasteiger partial charge in [-0.15, -0.1) is 0 Å². The van der Waals surface area contributed by atoms with E-state index in [4.69, 9.17) is 4.74 Å². The smallest absolute Gasteiger partial charge is 0.320 e. The van der Waals surface area contributed by atoms with Crippen molar-refractivity contribution in [2.45, 2.75) is 38.6 Å². The first-order chi connectivity index (χ1) is 8.13. The molecule has 2 fully saturated rings. The van der Waals surface area contributed by atoms with E-state index in [9.17, 15) is 9.90 Å². The number of hydrogen-bond donors (Lipinski definition) is 1. The molecule has 0 aromatic rings. The van der Waals surface area contributed by atoms with Gasteiger partial charge in [0.15, 0.2) is 0 Å². The van der Waals surface area contributed by atoms with Gasteiger partial charge in [-0.3, -0.25) is 9.69 Å². The van der Waals surface area contributed by atoms with Gasteiger partial charge in [0.1, 0.15) is 6.04 Å². The highest BCUT2D eigenvalue weighted by molar-refractivity contribution is 5.73. The van der Waals surface area contributed by atoms with Crippen LogP contribution in [0.1, 0.15) is 32.6 Å². The molecule has 1 aliphatic carbocycles. The molecular formula is C13H23NO3. The van der Waals surface area contributed by atoms with Crippen molar-refractivity contribution in [3.05, 3.63) is 0 Å². The Morgan fingerprint density at radius 1 is 1.59 bits per heavy atom. The van der Waals surface area contributed by atoms with Crippen LogP contribution in [0.5, 0.6) is 0 Å². The number of aliphatic carboxylic acids is 1. The van der Waals surface area contributed by atoms with E-state index < -0.39 is 5.97 Å². The van der Waals surface area contributed by atoms with Gasteiger partial charge in [-0.05, 0) is 24.7 Å². The monoisotopic (exact) mass is 241 g/mol. The van der Waals surface area contributed by atoms with E-state index in [2.05, 4.69) is 4.90 Å². The Kier molecular flexibility index (Phi) is 3.73. The van der Waals surface area contributed by atoms with Gasteiger partial charge in [0.25, 0.3) is 0 Å². The molecule has 1 heterocycles. The number of nitrogens with zero attached hydrogens (tertiary/aromatic N) is 1. The minimum Gasteiger partial charge on any atom is -0.480 e. The van der Waals surface area contributed by atoms with Gasteiger partial charge >= 0.3 is 5.97 Å². The van der Waals surface area contributed by atoms with Crippen LogP contribution >= 0.6 is 0 Å². The number of likely N-dealkylation sites (tertiary alicyclic amines) is 1. The lowest BCUT2D eigenvalue weighted by Crippen LogP contribution is -2.42. The standard InChI is InChI=1S/C13H23NO3/c1-3-11(12(15)16)14-7-10(8-17-2)13(9-14)5-4-6-13/h10-11H,3-9H2,1-2H3,(H,15,16)/t10-,11+/m0/s1. The summed E-state index contributed by atoms with van der Waals surface area (Å²) in [5.41, 5.74) is 0.360. The largest absolute Gasteiger partial charge is 0.480 e. The summed E-state index contributed by atoms with van der Waals surface area (Å²) in [7, 11) is 1.74. The zero-order valence-corrected chi connectivity index (χ0v) is 10.8. The lowest BCUT2D eigenvalue weighted by molar-refractivity contribution is -0.143. The van der Waals surface area contributed by atoms with Crippen molar-refractivity contribution in [3.8, 4) is 0 Å². The van der Waals surface area contributed by atoms with E-state index >= 15 is 0 Å². The number of carboxylic acids is 1. The fourth-order valence-corrected chi connectivity index (χ4v) is 3.53. The fraction of sp³-hybridized carbons (Fsp3) is 0.923. The highest BCUT2D eigenvalue weighted by Crippen LogP contribution is 2.52. The minimum atomic E-state index is -0.681. The summed E-state index contributed by atoms with van der Waals surface area (Å²) in [6.45, 7) is 4.56. The van der Waals surface area contributed by atoms with Crippen LogP contribution in [0.2, 0.25) is 0 Å². The SMILES string of the molecule is CC[C@H](C(=O)O)N1C[C@@H](COC)C2(CCC2)C1. The minimum absolute atomic E-state index is 0.311. The van der Waals surface area contributed by atoms with Crippen LogP contribution in [0.4, 0.5) is 0 Å². The van der Waals surface area contributed by atoms with Gasteiger partial charge < -0.3 is 9.84 Å². The molecule has 4 nitrogen and oxygen atoms in total. The number of rotatable bonds is 5. The summed E-state index contributed by atoms with van der Waals surface area (Å²) < 4.78 is 5.31. The summed E-state index contributed by atoms with van der Waals surface area (Å²) in [5.74, 6) is -0.158. The van der Waals surface area contributed by atoms with Crippen molar-refractivity contribution >= 4 is 5.97 Å². The van der Waals surface area contributed by atoms with Gasteiger partial charge in [-0.1, -0.05) is 13.3 Å². The van der Waals surface area contributed by atoms with Gasteiger partial charge in [0.05, 0.1) is 6.61 Å². The zero-order valence-electron chi connectivity index (χ0n) is 10.8. The molecule has 1 spiro atoms. The number of hydrogen-bond acceptors (Lipinski definition) is 3. The van der Waals surface area contributed by atoms with Crippen LogP contribution in [-0.4, -0.2) is 48.8 Å². The molecule has 0 radical (unpaired) electrons. The normalized spacial score (nSPS) is 29.2. The van der Waals surface area contributed by atoms with E-state index in [-0.39, 0.29) is 6.04 Å². The highest BCUT2D eigenvalue weighted by atomic mass is 16.5. The van der Waals surface area contributed by atoms with E-state index in [1.54, 1.807) is 7.11 Å². The Labute approximate surface area is 103 Å². The first kappa shape index (κ1) is 12.8. The third kappa shape index (κ3) is 2.20. The van der Waals surface area contributed by atoms with Gasteiger partial charge in [0, 0.05) is 26.1 Å². The van der Waals surface area contributed by atoms with E-state index in [1.807, 2.05) is 6.92 Å². The van der Waals surface area contributed by atoms with Crippen molar-refractivity contribution < 1.29 is 14.6 Å². The Balaban J connectivity index is 2.05. The van der Waals surface area contributed by atoms with Crippen LogP contribution in [0.15, 0.2) is 0 Å². The molecule has 2 atom stereocenters. The molecule has 1 aliphatic heterocycles. The second-order valence-corrected chi connectivity index (χ2v) is 5.56. The maximum absolute atomic E-state index is 11.2. The number of methoxy groups -OCH3 is 1. The summed E-state index contributed by atoms with van der Waals surface area (Å²) in [5, 5.41) is 9.24. The molecule has 0 aromatic heterocycles. The Hall–Kier alpha value is -0.610. The second-order valence-electron chi connectivity index (χ2n) is 5.56. The molecule has 0 aromatic carbocycles. The van der Waals surface area contributed by atoms with Crippen LogP contribution in [0.25, 0.3) is 0 Å². The lowest BCUT2D eigenvalue weighted by Gasteiger charge is -2.43. The molecule has 1 N–H and O–H groups in total. The van der Waals surface area contributed by atoms with Gasteiger partial charge in [-0.25, -0.2) is 0 Å². The first-order valence-electron chi connectivity index (χ1n) is 6.59. The molecule has 2 rings (SSSR count). The summed E-state index contributed by atoms with van der Waals surface area (Å²) in [4.78, 5) is 13.4. The van der Waals surface area contributed by atoms with Crippen molar-refractivity contribution in [2.75, 3.05) is 26.8 Å². The molecule has 17 heavy (non-hydrogen) atoms. The lowest BCUT2D eigenvalue weighted by atomic mass is 9.63. The number of carboxylic acid groups (broad SMARTS) is 1. The predicted molar refractivity (Wildman–Crippen MR) is 64.9 cm³/mol. The third-order valence-electron chi connectivity index (χ3n) is 4.67. The van der Waals surface area contributed by atoms with Gasteiger partial charge in [0.2, 0.25) is 0 Å². The molecular weight excluding hydrogens is 218 g/mol. The quantitative estimate of drug-likeness (QED) is 0.794. The Morgan fingerprint density at radius 2 is 2.29 bits per heavy atom. The molecule has 0 unspecified atom stereocenters. The van der Waals surface area contributed by atoms with Gasteiger partial charge in [-0.2, -0.15) is 0 Å². The fourth-order valence-electron chi connectivity index (χ4n) is 3.53. The second kappa shape index (κ2) is 4.94. The highest BCUT2D eigenvalue weighted by Gasteiger charge is 2.51. The van der Waals surface area contributed by atoms with E-state index in [0.717, 1.165) is 19.7 Å². The average Bonchev–Trinajstić information content (AvgIpc) is 2.58. The first-order valence-corrected chi connectivity index (χ1v) is 6.59. The molecule has 2 aliphatic rings. The Bertz CT molecular complexity index is 288. The number of ether oxygens (including phenoxy) is 1. The van der Waals surface area contributed by atoms with E-state index in [0.29, 0.717) is 17.8 Å². The third-order valence-corrected chi connectivity index (χ3v) is 4.67. The Morgan fingerprint density at radius 3 is 2.71 bits per heavy atom. The molecule has 98 valence electrons. The average molecular weight is 241 g/mol. The molecule has 1 saturated heterocycles. The molecule has 0 amide bonds. The summed E-state index contributed by atoms with van der Waals surface area (Å²) >= 11 is 0. The maximum Gasteiger partial charge on any atom is 0.320 e. The summed E-state index contributed by atoms with van der Waals surface area (Å²) in [6, 6.07) is -0.311. The van der Waals surface area contributed by atoms with Crippen molar-refractivity contribution in [3.63, 3.8) is 0 Å². The topological polar surface area (TPSA) is 49.8 Å². The number of carbonyl (C=O) groups is 1. The maximum atomic E-state index is 11.2.